The van der Waals surface area contributed by atoms with E-state index in [0.29, 0.717) is 5.75 Å². The average Bonchev–Trinajstić information content (AvgIpc) is 2.41. The largest absolute Gasteiger partial charge is 0.488 e. The Morgan fingerprint density at radius 3 is 2.65 bits per heavy atom. The highest BCUT2D eigenvalue weighted by Gasteiger charge is 2.53. The molecule has 2 atom stereocenters. The quantitative estimate of drug-likeness (QED) is 0.424. The lowest BCUT2D eigenvalue weighted by Gasteiger charge is -2.52. The summed E-state index contributed by atoms with van der Waals surface area (Å²) in [5, 5.41) is 11.0. The van der Waals surface area contributed by atoms with E-state index in [9.17, 15) is 10.1 Å². The predicted molar refractivity (Wildman–Crippen MR) is 82.5 cm³/mol. The average molecular weight is 363 g/mol. The lowest BCUT2D eigenvalue weighted by molar-refractivity contribution is -0.385. The number of nitro groups is 1. The Hall–Kier alpha value is -0.810. The first-order valence-corrected chi connectivity index (χ1v) is 7.92. The zero-order valence-electron chi connectivity index (χ0n) is 11.4. The Bertz CT molecular complexity index is 519. The summed E-state index contributed by atoms with van der Waals surface area (Å²) < 4.78 is 6.73. The fourth-order valence-corrected chi connectivity index (χ4v) is 3.81. The van der Waals surface area contributed by atoms with Gasteiger partial charge >= 0.3 is 0 Å². The van der Waals surface area contributed by atoms with Gasteiger partial charge < -0.3 is 4.74 Å². The molecule has 110 valence electrons. The van der Waals surface area contributed by atoms with Crippen molar-refractivity contribution in [3.63, 3.8) is 0 Å². The highest BCUT2D eigenvalue weighted by atomic mass is 79.9. The minimum absolute atomic E-state index is 0.0123. The van der Waals surface area contributed by atoms with Gasteiger partial charge in [0, 0.05) is 23.3 Å². The summed E-state index contributed by atoms with van der Waals surface area (Å²) in [7, 11) is 0. The van der Waals surface area contributed by atoms with Gasteiger partial charge in [-0.25, -0.2) is 0 Å². The van der Waals surface area contributed by atoms with Crippen molar-refractivity contribution < 1.29 is 9.66 Å². The summed E-state index contributed by atoms with van der Waals surface area (Å²) in [6.07, 6.45) is 2.67. The van der Waals surface area contributed by atoms with Crippen LogP contribution in [0.4, 0.5) is 5.69 Å². The number of rotatable bonds is 5. The molecule has 0 heterocycles. The topological polar surface area (TPSA) is 52.4 Å². The summed E-state index contributed by atoms with van der Waals surface area (Å²) >= 11 is 9.73. The standard InChI is InChI=1S/C14H17BrClNO3/c1-3-14(4-2)12(16)8-13(14)20-11-7-9(17(18)19)5-6-10(11)15/h5-7,12-13H,3-4,8H2,1-2H3. The second kappa shape index (κ2) is 5.90. The second-order valence-corrected chi connectivity index (χ2v) is 6.50. The molecule has 2 unspecified atom stereocenters. The Labute approximate surface area is 131 Å². The zero-order valence-corrected chi connectivity index (χ0v) is 13.8. The van der Waals surface area contributed by atoms with Crippen LogP contribution >= 0.6 is 27.5 Å². The number of alkyl halides is 1. The number of benzene rings is 1. The molecule has 0 radical (unpaired) electrons. The molecule has 0 aliphatic heterocycles. The molecule has 0 amide bonds. The third kappa shape index (κ3) is 2.53. The van der Waals surface area contributed by atoms with Crippen molar-refractivity contribution in [1.29, 1.82) is 0 Å². The Balaban J connectivity index is 2.22. The first-order valence-electron chi connectivity index (χ1n) is 6.69. The fraction of sp³-hybridized carbons (Fsp3) is 0.571. The van der Waals surface area contributed by atoms with Crippen molar-refractivity contribution in [2.24, 2.45) is 5.41 Å². The third-order valence-corrected chi connectivity index (χ3v) is 5.67. The van der Waals surface area contributed by atoms with Crippen LogP contribution in [0.5, 0.6) is 5.75 Å². The minimum atomic E-state index is -0.419. The van der Waals surface area contributed by atoms with Crippen molar-refractivity contribution >= 4 is 33.2 Å². The molecule has 4 nitrogen and oxygen atoms in total. The molecule has 0 N–H and O–H groups in total. The molecule has 1 fully saturated rings. The molecule has 0 saturated heterocycles. The Morgan fingerprint density at radius 1 is 1.50 bits per heavy atom. The maximum Gasteiger partial charge on any atom is 0.273 e. The monoisotopic (exact) mass is 361 g/mol. The van der Waals surface area contributed by atoms with Gasteiger partial charge in [-0.05, 0) is 34.8 Å². The number of nitrogens with zero attached hydrogens (tertiary/aromatic N) is 1. The van der Waals surface area contributed by atoms with E-state index in [0.717, 1.165) is 23.7 Å². The van der Waals surface area contributed by atoms with Crippen LogP contribution < -0.4 is 4.74 Å². The molecular formula is C14H17BrClNO3. The summed E-state index contributed by atoms with van der Waals surface area (Å²) in [5.74, 6) is 0.513. The first kappa shape index (κ1) is 15.6. The molecule has 1 saturated carbocycles. The van der Waals surface area contributed by atoms with Gasteiger partial charge in [0.15, 0.2) is 0 Å². The van der Waals surface area contributed by atoms with Crippen molar-refractivity contribution in [3.05, 3.63) is 32.8 Å². The molecule has 1 aliphatic carbocycles. The summed E-state index contributed by atoms with van der Waals surface area (Å²) in [5.41, 5.74) is -0.00504. The number of halogens is 2. The lowest BCUT2D eigenvalue weighted by Crippen LogP contribution is -2.56. The molecule has 2 rings (SSSR count). The Morgan fingerprint density at radius 2 is 2.15 bits per heavy atom. The number of hydrogen-bond donors (Lipinski definition) is 0. The van der Waals surface area contributed by atoms with Crippen LogP contribution in [0.25, 0.3) is 0 Å². The van der Waals surface area contributed by atoms with Crippen molar-refractivity contribution in [2.45, 2.75) is 44.6 Å². The van der Waals surface area contributed by atoms with Gasteiger partial charge in [0.25, 0.3) is 5.69 Å². The van der Waals surface area contributed by atoms with Crippen LogP contribution in [-0.4, -0.2) is 16.4 Å². The van der Waals surface area contributed by atoms with Crippen molar-refractivity contribution in [3.8, 4) is 5.75 Å². The highest BCUT2D eigenvalue weighted by Crippen LogP contribution is 2.52. The molecule has 1 aromatic rings. The van der Waals surface area contributed by atoms with Crippen LogP contribution in [0, 0.1) is 15.5 Å². The van der Waals surface area contributed by atoms with Gasteiger partial charge in [0.1, 0.15) is 11.9 Å². The first-order chi connectivity index (χ1) is 9.44. The predicted octanol–water partition coefficient (Wildman–Crippen LogP) is 4.92. The molecular weight excluding hydrogens is 346 g/mol. The van der Waals surface area contributed by atoms with E-state index in [-0.39, 0.29) is 22.6 Å². The maximum atomic E-state index is 10.8. The number of non-ortho nitro benzene ring substituents is 1. The highest BCUT2D eigenvalue weighted by molar-refractivity contribution is 9.10. The minimum Gasteiger partial charge on any atom is -0.488 e. The van der Waals surface area contributed by atoms with Crippen molar-refractivity contribution in [1.82, 2.24) is 0 Å². The normalized spacial score (nSPS) is 24.0. The van der Waals surface area contributed by atoms with E-state index >= 15 is 0 Å². The van der Waals surface area contributed by atoms with Gasteiger partial charge in [-0.1, -0.05) is 13.8 Å². The number of hydrogen-bond acceptors (Lipinski definition) is 3. The van der Waals surface area contributed by atoms with Crippen LogP contribution in [0.1, 0.15) is 33.1 Å². The smallest absolute Gasteiger partial charge is 0.273 e. The zero-order chi connectivity index (χ0) is 14.9. The van der Waals surface area contributed by atoms with Gasteiger partial charge in [-0.15, -0.1) is 11.6 Å². The van der Waals surface area contributed by atoms with Crippen molar-refractivity contribution in [2.75, 3.05) is 0 Å². The van der Waals surface area contributed by atoms with Gasteiger partial charge in [-0.3, -0.25) is 10.1 Å². The van der Waals surface area contributed by atoms with E-state index in [1.165, 1.54) is 12.1 Å². The summed E-state index contributed by atoms with van der Waals surface area (Å²) in [6, 6.07) is 4.56. The maximum absolute atomic E-state index is 10.8. The Kier molecular flexibility index (Phi) is 4.59. The van der Waals surface area contributed by atoms with E-state index < -0.39 is 4.92 Å². The SMILES string of the molecule is CCC1(CC)C(Cl)CC1Oc1cc([N+](=O)[O-])ccc1Br. The molecule has 0 spiro atoms. The van der Waals surface area contributed by atoms with Crippen LogP contribution in [-0.2, 0) is 0 Å². The number of ether oxygens (including phenoxy) is 1. The van der Waals surface area contributed by atoms with Gasteiger partial charge in [-0.2, -0.15) is 0 Å². The third-order valence-electron chi connectivity index (χ3n) is 4.40. The van der Waals surface area contributed by atoms with E-state index in [2.05, 4.69) is 29.8 Å². The van der Waals surface area contributed by atoms with Gasteiger partial charge in [0.2, 0.25) is 0 Å². The van der Waals surface area contributed by atoms with Crippen LogP contribution in [0.3, 0.4) is 0 Å². The summed E-state index contributed by atoms with van der Waals surface area (Å²) in [6.45, 7) is 4.22. The molecule has 1 aromatic carbocycles. The lowest BCUT2D eigenvalue weighted by atomic mass is 9.62. The van der Waals surface area contributed by atoms with E-state index in [1.54, 1.807) is 6.07 Å². The van der Waals surface area contributed by atoms with Crippen LogP contribution in [0.15, 0.2) is 22.7 Å². The molecule has 0 bridgehead atoms. The molecule has 6 heteroatoms. The van der Waals surface area contributed by atoms with E-state index in [4.69, 9.17) is 16.3 Å². The molecule has 1 aliphatic rings. The molecule has 20 heavy (non-hydrogen) atoms. The van der Waals surface area contributed by atoms with E-state index in [1.807, 2.05) is 0 Å². The van der Waals surface area contributed by atoms with Gasteiger partial charge in [0.05, 0.1) is 15.5 Å². The molecule has 0 aromatic heterocycles. The summed E-state index contributed by atoms with van der Waals surface area (Å²) in [4.78, 5) is 10.4. The fourth-order valence-electron chi connectivity index (χ4n) is 2.86. The number of nitro benzene ring substituents is 1. The van der Waals surface area contributed by atoms with Crippen LogP contribution in [0.2, 0.25) is 0 Å². The second-order valence-electron chi connectivity index (χ2n) is 5.12.